The topological polar surface area (TPSA) is 101 Å². The second-order valence-electron chi connectivity index (χ2n) is 6.74. The first kappa shape index (κ1) is 19.0. The van der Waals surface area contributed by atoms with Crippen LogP contribution in [0.2, 0.25) is 0 Å². The summed E-state index contributed by atoms with van der Waals surface area (Å²) in [6.45, 7) is 3.79. The van der Waals surface area contributed by atoms with E-state index in [0.717, 1.165) is 0 Å². The van der Waals surface area contributed by atoms with E-state index in [9.17, 15) is 8.78 Å². The number of aromatic nitrogens is 2. The smallest absolute Gasteiger partial charge is 0.278 e. The zero-order valence-electron chi connectivity index (χ0n) is 15.4. The standard InChI is InChI=1S/C17H23F2N7O2/c18-15(19)17(26-3-7-28-8-4-26)9-13(25-1-5-27-6-2-25)23-14(24-17)12-10-21-16(20)22-11-12/h9-11,15H,1-8H2,(H,23,24)(H2,20,21,22). The minimum atomic E-state index is -2.69. The molecule has 0 aromatic carbocycles. The molecule has 3 aliphatic rings. The van der Waals surface area contributed by atoms with Crippen LogP contribution in [0.4, 0.5) is 14.7 Å². The van der Waals surface area contributed by atoms with Gasteiger partial charge in [0.25, 0.3) is 6.43 Å². The molecule has 0 aliphatic carbocycles. The average molecular weight is 395 g/mol. The molecule has 3 N–H and O–H groups in total. The number of hydrogen-bond acceptors (Lipinski definition) is 9. The van der Waals surface area contributed by atoms with Gasteiger partial charge < -0.3 is 25.4 Å². The van der Waals surface area contributed by atoms with Crippen LogP contribution in [0.1, 0.15) is 5.56 Å². The fraction of sp³-hybridized carbons (Fsp3) is 0.588. The van der Waals surface area contributed by atoms with Crippen molar-refractivity contribution in [2.24, 2.45) is 4.99 Å². The second-order valence-corrected chi connectivity index (χ2v) is 6.74. The van der Waals surface area contributed by atoms with Gasteiger partial charge in [0.1, 0.15) is 11.7 Å². The predicted octanol–water partition coefficient (Wildman–Crippen LogP) is -0.124. The summed E-state index contributed by atoms with van der Waals surface area (Å²) < 4.78 is 39.8. The zero-order valence-corrected chi connectivity index (χ0v) is 15.4. The lowest BCUT2D eigenvalue weighted by molar-refractivity contribution is -0.0789. The van der Waals surface area contributed by atoms with Crippen LogP contribution in [0.3, 0.4) is 0 Å². The van der Waals surface area contributed by atoms with Crippen molar-refractivity contribution in [1.29, 1.82) is 0 Å². The van der Waals surface area contributed by atoms with Gasteiger partial charge in [-0.25, -0.2) is 23.7 Å². The van der Waals surface area contributed by atoms with Crippen LogP contribution in [-0.4, -0.2) is 90.3 Å². The van der Waals surface area contributed by atoms with Gasteiger partial charge in [-0.3, -0.25) is 4.90 Å². The molecular weight excluding hydrogens is 372 g/mol. The fourth-order valence-corrected chi connectivity index (χ4v) is 3.51. The maximum absolute atomic E-state index is 14.5. The second kappa shape index (κ2) is 7.94. The molecule has 0 saturated carbocycles. The van der Waals surface area contributed by atoms with Gasteiger partial charge in [-0.2, -0.15) is 0 Å². The number of amidine groups is 1. The predicted molar refractivity (Wildman–Crippen MR) is 97.7 cm³/mol. The lowest BCUT2D eigenvalue weighted by Gasteiger charge is -2.46. The lowest BCUT2D eigenvalue weighted by atomic mass is 10.0. The molecule has 1 aromatic heterocycles. The summed E-state index contributed by atoms with van der Waals surface area (Å²) in [5.74, 6) is 0.883. The highest BCUT2D eigenvalue weighted by Crippen LogP contribution is 2.30. The highest BCUT2D eigenvalue weighted by atomic mass is 19.3. The number of halogens is 2. The van der Waals surface area contributed by atoms with Crippen LogP contribution < -0.4 is 11.1 Å². The number of rotatable bonds is 4. The Morgan fingerprint density at radius 3 is 2.25 bits per heavy atom. The summed E-state index contributed by atoms with van der Waals surface area (Å²) in [4.78, 5) is 16.2. The van der Waals surface area contributed by atoms with E-state index in [1.54, 1.807) is 4.90 Å². The molecule has 152 valence electrons. The monoisotopic (exact) mass is 395 g/mol. The normalized spacial score (nSPS) is 26.6. The third-order valence-corrected chi connectivity index (χ3v) is 5.04. The molecule has 0 spiro atoms. The van der Waals surface area contributed by atoms with Crippen molar-refractivity contribution in [2.45, 2.75) is 12.1 Å². The van der Waals surface area contributed by atoms with E-state index < -0.39 is 12.1 Å². The van der Waals surface area contributed by atoms with Crippen LogP contribution in [0.5, 0.6) is 0 Å². The van der Waals surface area contributed by atoms with Gasteiger partial charge in [-0.1, -0.05) is 0 Å². The van der Waals surface area contributed by atoms with E-state index in [0.29, 0.717) is 64.0 Å². The molecule has 2 fully saturated rings. The number of morpholine rings is 2. The number of ether oxygens (including phenoxy) is 2. The Morgan fingerprint density at radius 1 is 1.04 bits per heavy atom. The maximum Gasteiger partial charge on any atom is 0.278 e. The Balaban J connectivity index is 1.75. The molecule has 2 saturated heterocycles. The van der Waals surface area contributed by atoms with Gasteiger partial charge in [0, 0.05) is 44.6 Å². The summed E-state index contributed by atoms with van der Waals surface area (Å²) in [6.07, 6.45) is 1.79. The van der Waals surface area contributed by atoms with Gasteiger partial charge in [-0.15, -0.1) is 0 Å². The first-order valence-electron chi connectivity index (χ1n) is 9.20. The molecule has 0 bridgehead atoms. The third-order valence-electron chi connectivity index (χ3n) is 5.04. The molecular formula is C17H23F2N7O2. The number of anilines is 1. The van der Waals surface area contributed by atoms with E-state index >= 15 is 0 Å². The van der Waals surface area contributed by atoms with E-state index in [4.69, 9.17) is 15.2 Å². The van der Waals surface area contributed by atoms with E-state index in [1.165, 1.54) is 18.5 Å². The van der Waals surface area contributed by atoms with Crippen molar-refractivity contribution in [2.75, 3.05) is 58.3 Å². The maximum atomic E-state index is 14.5. The lowest BCUT2D eigenvalue weighted by Crippen LogP contribution is -2.67. The highest BCUT2D eigenvalue weighted by Gasteiger charge is 2.48. The molecule has 3 aliphatic heterocycles. The fourth-order valence-electron chi connectivity index (χ4n) is 3.51. The third kappa shape index (κ3) is 3.64. The quantitative estimate of drug-likeness (QED) is 0.728. The Bertz CT molecular complexity index is 746. The average Bonchev–Trinajstić information content (AvgIpc) is 2.75. The molecule has 1 aromatic rings. The summed E-state index contributed by atoms with van der Waals surface area (Å²) in [5, 5.41) is 2.96. The molecule has 4 heterocycles. The summed E-state index contributed by atoms with van der Waals surface area (Å²) in [5.41, 5.74) is 4.35. The van der Waals surface area contributed by atoms with Gasteiger partial charge in [-0.05, 0) is 0 Å². The number of nitrogens with one attached hydrogen (secondary N) is 1. The summed E-state index contributed by atoms with van der Waals surface area (Å²) in [6, 6.07) is 0. The van der Waals surface area contributed by atoms with Gasteiger partial charge >= 0.3 is 0 Å². The van der Waals surface area contributed by atoms with E-state index in [1.807, 2.05) is 4.90 Å². The van der Waals surface area contributed by atoms with Gasteiger partial charge in [0.15, 0.2) is 5.66 Å². The van der Waals surface area contributed by atoms with Crippen molar-refractivity contribution < 1.29 is 18.3 Å². The SMILES string of the molecule is Nc1ncc(C2=NC(N3CCOCC3)=CC(C(F)F)(N3CCOCC3)N2)cn1. The van der Waals surface area contributed by atoms with Crippen molar-refractivity contribution in [3.05, 3.63) is 29.9 Å². The molecule has 4 rings (SSSR count). The Kier molecular flexibility index (Phi) is 5.38. The Labute approximate surface area is 161 Å². The van der Waals surface area contributed by atoms with Crippen LogP contribution in [-0.2, 0) is 9.47 Å². The van der Waals surface area contributed by atoms with Crippen LogP contribution >= 0.6 is 0 Å². The Morgan fingerprint density at radius 2 is 1.64 bits per heavy atom. The first-order valence-corrected chi connectivity index (χ1v) is 9.20. The van der Waals surface area contributed by atoms with Crippen LogP contribution in [0.15, 0.2) is 29.3 Å². The van der Waals surface area contributed by atoms with E-state index in [-0.39, 0.29) is 11.8 Å². The molecule has 0 amide bonds. The summed E-state index contributed by atoms with van der Waals surface area (Å²) >= 11 is 0. The first-order chi connectivity index (χ1) is 13.6. The highest BCUT2D eigenvalue weighted by molar-refractivity contribution is 6.00. The number of alkyl halides is 2. The van der Waals surface area contributed by atoms with Crippen molar-refractivity contribution in [3.8, 4) is 0 Å². The van der Waals surface area contributed by atoms with Crippen LogP contribution in [0.25, 0.3) is 0 Å². The number of nitrogens with two attached hydrogens (primary N) is 1. The molecule has 0 radical (unpaired) electrons. The van der Waals surface area contributed by atoms with Gasteiger partial charge in [0.05, 0.1) is 32.0 Å². The van der Waals surface area contributed by atoms with Crippen LogP contribution in [0, 0.1) is 0 Å². The number of hydrogen-bond donors (Lipinski definition) is 2. The molecule has 28 heavy (non-hydrogen) atoms. The van der Waals surface area contributed by atoms with Crippen molar-refractivity contribution in [3.63, 3.8) is 0 Å². The molecule has 11 heteroatoms. The van der Waals surface area contributed by atoms with Crippen molar-refractivity contribution >= 4 is 11.8 Å². The van der Waals surface area contributed by atoms with E-state index in [2.05, 4.69) is 20.3 Å². The number of nitrogen functional groups attached to an aromatic ring is 1. The minimum absolute atomic E-state index is 0.109. The molecule has 1 unspecified atom stereocenters. The largest absolute Gasteiger partial charge is 0.379 e. The molecule has 9 nitrogen and oxygen atoms in total. The minimum Gasteiger partial charge on any atom is -0.379 e. The zero-order chi connectivity index (χ0) is 19.6. The number of aliphatic imine (C=N–C) groups is 1. The molecule has 1 atom stereocenters. The summed E-state index contributed by atoms with van der Waals surface area (Å²) in [7, 11) is 0. The van der Waals surface area contributed by atoms with Gasteiger partial charge in [0.2, 0.25) is 5.95 Å². The van der Waals surface area contributed by atoms with Crippen molar-refractivity contribution in [1.82, 2.24) is 25.1 Å². The Hall–Kier alpha value is -2.37. The number of nitrogens with zero attached hydrogens (tertiary/aromatic N) is 5.